The second kappa shape index (κ2) is 10.2. The highest BCUT2D eigenvalue weighted by Crippen LogP contribution is 2.14. The quantitative estimate of drug-likeness (QED) is 0.579. The lowest BCUT2D eigenvalue weighted by molar-refractivity contribution is -0.0132. The summed E-state index contributed by atoms with van der Waals surface area (Å²) in [4.78, 5) is 13.7. The zero-order chi connectivity index (χ0) is 14.7. The van der Waals surface area contributed by atoms with Crippen LogP contribution < -0.4 is 0 Å². The van der Waals surface area contributed by atoms with Crippen LogP contribution in [-0.4, -0.2) is 53.0 Å². The topological polar surface area (TPSA) is 57.2 Å². The van der Waals surface area contributed by atoms with E-state index >= 15 is 0 Å². The second-order valence-corrected chi connectivity index (χ2v) is 5.82. The summed E-state index contributed by atoms with van der Waals surface area (Å²) >= 11 is 0. The van der Waals surface area contributed by atoms with Gasteiger partial charge in [-0.25, -0.2) is 4.79 Å². The van der Waals surface area contributed by atoms with Gasteiger partial charge in [-0.05, 0) is 34.1 Å². The van der Waals surface area contributed by atoms with E-state index in [9.17, 15) is 4.79 Å². The molecular formula is C12H27NO5Si. The molecule has 0 aromatic carbocycles. The summed E-state index contributed by atoms with van der Waals surface area (Å²) in [7, 11) is -3.36. The van der Waals surface area contributed by atoms with Crippen LogP contribution in [0.4, 0.5) is 4.79 Å². The fraction of sp³-hybridized carbons (Fsp3) is 0.917. The summed E-state index contributed by atoms with van der Waals surface area (Å²) in [5.74, 6) is 0. The van der Waals surface area contributed by atoms with E-state index in [0.29, 0.717) is 32.9 Å². The van der Waals surface area contributed by atoms with Crippen LogP contribution in [0.15, 0.2) is 0 Å². The molecule has 7 heteroatoms. The Morgan fingerprint density at radius 3 is 1.74 bits per heavy atom. The lowest BCUT2D eigenvalue weighted by Gasteiger charge is -2.29. The van der Waals surface area contributed by atoms with Crippen LogP contribution in [0.3, 0.4) is 0 Å². The second-order valence-electron chi connectivity index (χ2n) is 3.75. The van der Waals surface area contributed by atoms with E-state index in [4.69, 9.17) is 17.7 Å². The molecule has 0 atom stereocenters. The minimum atomic E-state index is -3.36. The number of nitrogens with zero attached hydrogens (tertiary/aromatic N) is 1. The van der Waals surface area contributed by atoms with Crippen LogP contribution in [-0.2, 0) is 17.7 Å². The molecule has 0 spiro atoms. The zero-order valence-corrected chi connectivity index (χ0v) is 13.7. The Morgan fingerprint density at radius 2 is 1.42 bits per heavy atom. The van der Waals surface area contributed by atoms with Crippen molar-refractivity contribution in [2.75, 3.05) is 32.9 Å². The Hall–Kier alpha value is -0.633. The molecular weight excluding hydrogens is 266 g/mol. The molecule has 0 aliphatic heterocycles. The number of hydrogen-bond donors (Lipinski definition) is 0. The van der Waals surface area contributed by atoms with Crippen LogP contribution in [0.5, 0.6) is 0 Å². The van der Waals surface area contributed by atoms with Gasteiger partial charge < -0.3 is 22.6 Å². The fourth-order valence-corrected chi connectivity index (χ4v) is 3.39. The standard InChI is InChI=1S/C12H27NO5Si/c1-6-11-13(7-2)12(14)18-19(15-8-3,16-9-4)17-10-5/h6-11H2,1-5H3. The van der Waals surface area contributed by atoms with Crippen molar-refractivity contribution in [3.63, 3.8) is 0 Å². The van der Waals surface area contributed by atoms with Gasteiger partial charge in [-0.1, -0.05) is 6.92 Å². The number of carbonyl (C=O) groups excluding carboxylic acids is 1. The van der Waals surface area contributed by atoms with E-state index in [1.54, 1.807) is 4.90 Å². The van der Waals surface area contributed by atoms with Crippen LogP contribution in [0.25, 0.3) is 0 Å². The van der Waals surface area contributed by atoms with Crippen molar-refractivity contribution in [2.24, 2.45) is 0 Å². The van der Waals surface area contributed by atoms with Crippen molar-refractivity contribution in [1.29, 1.82) is 0 Å². The lowest BCUT2D eigenvalue weighted by atomic mass is 10.4. The molecule has 1 amide bonds. The number of rotatable bonds is 10. The first-order valence-corrected chi connectivity index (χ1v) is 8.62. The summed E-state index contributed by atoms with van der Waals surface area (Å²) in [5.41, 5.74) is 0. The van der Waals surface area contributed by atoms with Crippen molar-refractivity contribution >= 4 is 15.1 Å². The Kier molecular flexibility index (Phi) is 9.85. The average Bonchev–Trinajstić information content (AvgIpc) is 2.36. The van der Waals surface area contributed by atoms with Crippen LogP contribution in [0.1, 0.15) is 41.0 Å². The first-order valence-electron chi connectivity index (χ1n) is 6.98. The third-order valence-corrected chi connectivity index (χ3v) is 4.66. The SMILES string of the molecule is CCCN(CC)C(=O)O[Si](OCC)(OCC)OCC. The van der Waals surface area contributed by atoms with Gasteiger partial charge in [0.2, 0.25) is 0 Å². The van der Waals surface area contributed by atoms with Gasteiger partial charge in [0.25, 0.3) is 0 Å². The van der Waals surface area contributed by atoms with Crippen LogP contribution in [0.2, 0.25) is 0 Å². The van der Waals surface area contributed by atoms with E-state index in [0.717, 1.165) is 6.42 Å². The molecule has 0 saturated carbocycles. The van der Waals surface area contributed by atoms with Crippen molar-refractivity contribution in [3.05, 3.63) is 0 Å². The van der Waals surface area contributed by atoms with Gasteiger partial charge in [-0.3, -0.25) is 0 Å². The van der Waals surface area contributed by atoms with Crippen molar-refractivity contribution in [1.82, 2.24) is 4.90 Å². The maximum absolute atomic E-state index is 12.1. The van der Waals surface area contributed by atoms with Crippen molar-refractivity contribution < 1.29 is 22.5 Å². The first-order chi connectivity index (χ1) is 9.09. The molecule has 0 aromatic heterocycles. The monoisotopic (exact) mass is 293 g/mol. The lowest BCUT2D eigenvalue weighted by Crippen LogP contribution is -2.53. The van der Waals surface area contributed by atoms with Gasteiger partial charge in [0.1, 0.15) is 0 Å². The Bertz CT molecular complexity index is 235. The third kappa shape index (κ3) is 6.37. The largest absolute Gasteiger partial charge is 0.752 e. The summed E-state index contributed by atoms with van der Waals surface area (Å²) in [6.45, 7) is 11.7. The molecule has 0 saturated heterocycles. The van der Waals surface area contributed by atoms with E-state index in [2.05, 4.69) is 0 Å². The summed E-state index contributed by atoms with van der Waals surface area (Å²) in [6, 6.07) is 0. The zero-order valence-electron chi connectivity index (χ0n) is 12.7. The normalized spacial score (nSPS) is 11.4. The fourth-order valence-electron chi connectivity index (χ4n) is 1.56. The minimum Gasteiger partial charge on any atom is -0.435 e. The molecule has 0 rings (SSSR count). The first kappa shape index (κ1) is 18.4. The molecule has 0 aliphatic carbocycles. The highest BCUT2D eigenvalue weighted by molar-refractivity contribution is 6.55. The Balaban J connectivity index is 4.80. The van der Waals surface area contributed by atoms with Crippen molar-refractivity contribution in [3.8, 4) is 0 Å². The van der Waals surface area contributed by atoms with E-state index < -0.39 is 15.1 Å². The van der Waals surface area contributed by atoms with Gasteiger partial charge in [-0.2, -0.15) is 0 Å². The van der Waals surface area contributed by atoms with Gasteiger partial charge >= 0.3 is 15.1 Å². The molecule has 0 heterocycles. The Morgan fingerprint density at radius 1 is 0.947 bits per heavy atom. The van der Waals surface area contributed by atoms with E-state index in [-0.39, 0.29) is 0 Å². The molecule has 0 aromatic rings. The smallest absolute Gasteiger partial charge is 0.435 e. The predicted octanol–water partition coefficient (Wildman–Crippen LogP) is 2.40. The minimum absolute atomic E-state index is 0.374. The molecule has 19 heavy (non-hydrogen) atoms. The van der Waals surface area contributed by atoms with Gasteiger partial charge in [0.15, 0.2) is 0 Å². The van der Waals surface area contributed by atoms with Crippen molar-refractivity contribution in [2.45, 2.75) is 41.0 Å². The molecule has 0 aliphatic rings. The maximum atomic E-state index is 12.1. The molecule has 114 valence electrons. The number of hydrogen-bond acceptors (Lipinski definition) is 5. The summed E-state index contributed by atoms with van der Waals surface area (Å²) in [5, 5.41) is 0. The van der Waals surface area contributed by atoms with Gasteiger partial charge in [0.05, 0.1) is 0 Å². The highest BCUT2D eigenvalue weighted by atomic mass is 28.4. The predicted molar refractivity (Wildman–Crippen MR) is 74.7 cm³/mol. The third-order valence-electron chi connectivity index (χ3n) is 2.31. The number of amides is 1. The summed E-state index contributed by atoms with van der Waals surface area (Å²) in [6.07, 6.45) is 0.432. The van der Waals surface area contributed by atoms with Gasteiger partial charge in [-0.15, -0.1) is 0 Å². The molecule has 0 N–H and O–H groups in total. The average molecular weight is 293 g/mol. The van der Waals surface area contributed by atoms with E-state index in [1.165, 1.54) is 0 Å². The van der Waals surface area contributed by atoms with Gasteiger partial charge in [0, 0.05) is 32.9 Å². The molecule has 0 bridgehead atoms. The maximum Gasteiger partial charge on any atom is 0.752 e. The van der Waals surface area contributed by atoms with E-state index in [1.807, 2.05) is 34.6 Å². The number of carbonyl (C=O) groups is 1. The molecule has 0 unspecified atom stereocenters. The molecule has 0 radical (unpaired) electrons. The Labute approximate surface area is 117 Å². The van der Waals surface area contributed by atoms with Crippen LogP contribution >= 0.6 is 0 Å². The van der Waals surface area contributed by atoms with Crippen LogP contribution in [0, 0.1) is 0 Å². The molecule has 0 fully saturated rings. The summed E-state index contributed by atoms with van der Waals surface area (Å²) < 4.78 is 21.9. The highest BCUT2D eigenvalue weighted by Gasteiger charge is 2.50. The molecule has 6 nitrogen and oxygen atoms in total.